The summed E-state index contributed by atoms with van der Waals surface area (Å²) in [6.07, 6.45) is 0.241. The fraction of sp³-hybridized carbons (Fsp3) is 0.179. The Bertz CT molecular complexity index is 2020. The topological polar surface area (TPSA) is 80.2 Å². The van der Waals surface area contributed by atoms with Gasteiger partial charge in [-0.1, -0.05) is 103 Å². The van der Waals surface area contributed by atoms with Gasteiger partial charge >= 0.3 is 7.48 Å². The number of hydrogen-bond acceptors (Lipinski definition) is 4. The van der Waals surface area contributed by atoms with E-state index in [-0.39, 0.29) is 6.44 Å². The van der Waals surface area contributed by atoms with Gasteiger partial charge in [0, 0.05) is 37.7 Å². The number of aliphatic imine (C=N–C) groups is 2. The minimum atomic E-state index is -1.03. The summed E-state index contributed by atoms with van der Waals surface area (Å²) < 4.78 is 8.47. The molecule has 5 aromatic carbocycles. The molecule has 0 unspecified atom stereocenters. The minimum Gasteiger partial charge on any atom is -0.431 e. The lowest BCUT2D eigenvalue weighted by molar-refractivity contribution is -0.0902. The first-order chi connectivity index (χ1) is 22.1. The van der Waals surface area contributed by atoms with Crippen LogP contribution in [0, 0.1) is 0 Å². The van der Waals surface area contributed by atoms with Gasteiger partial charge in [-0.05, 0) is 68.1 Å². The van der Waals surface area contributed by atoms with Crippen molar-refractivity contribution in [2.45, 2.75) is 38.9 Å². The van der Waals surface area contributed by atoms with Crippen molar-refractivity contribution in [1.82, 2.24) is 0 Å². The van der Waals surface area contributed by atoms with Crippen molar-refractivity contribution in [3.05, 3.63) is 132 Å². The third-order valence-corrected chi connectivity index (χ3v) is 9.69. The standard InChI is InChI=1S/C39H37BN3O2S/c1-38(2,44)39(3,4)45-40-25-42-37(30-20-16-27(17-21-30)26-10-6-5-7-11-26)43-36(41)29-18-14-28(15-19-29)31-22-23-35-33(24-31)32-12-8-9-13-34(32)46-35/h5-24,44H,25H2,1-4H3,(H2,41,42,43). The Balaban J connectivity index is 1.26. The van der Waals surface area contributed by atoms with Gasteiger partial charge in [-0.15, -0.1) is 11.3 Å². The SMILES string of the molecule is CC(C)(O)C(C)(C)O[B]CN=C(N=C(N)c1ccc(-c2ccc3sc4ccccc4c3c2)cc1)c1ccc(-c2ccccc2)cc1. The number of thiophene rings is 1. The maximum absolute atomic E-state index is 10.4. The fourth-order valence-electron chi connectivity index (χ4n) is 5.06. The molecule has 7 heteroatoms. The predicted octanol–water partition coefficient (Wildman–Crippen LogP) is 8.68. The molecule has 0 saturated carbocycles. The average Bonchev–Trinajstić information content (AvgIpc) is 3.44. The van der Waals surface area contributed by atoms with Crippen LogP contribution in [0.3, 0.4) is 0 Å². The van der Waals surface area contributed by atoms with E-state index in [9.17, 15) is 5.11 Å². The highest BCUT2D eigenvalue weighted by Crippen LogP contribution is 2.36. The highest BCUT2D eigenvalue weighted by Gasteiger charge is 2.35. The van der Waals surface area contributed by atoms with Crippen LogP contribution in [0.25, 0.3) is 42.4 Å². The normalized spacial score (nSPS) is 13.0. The largest absolute Gasteiger partial charge is 0.431 e. The molecule has 1 heterocycles. The molecule has 3 N–H and O–H groups in total. The van der Waals surface area contributed by atoms with Crippen LogP contribution in [-0.4, -0.2) is 41.9 Å². The average molecular weight is 623 g/mol. The Morgan fingerprint density at radius 1 is 0.696 bits per heavy atom. The van der Waals surface area contributed by atoms with Gasteiger partial charge in [-0.3, -0.25) is 4.99 Å². The van der Waals surface area contributed by atoms with E-state index in [0.717, 1.165) is 33.4 Å². The van der Waals surface area contributed by atoms with E-state index < -0.39 is 11.2 Å². The van der Waals surface area contributed by atoms with E-state index in [1.807, 2.05) is 67.6 Å². The summed E-state index contributed by atoms with van der Waals surface area (Å²) >= 11 is 1.82. The Labute approximate surface area is 275 Å². The lowest BCUT2D eigenvalue weighted by Crippen LogP contribution is -2.48. The van der Waals surface area contributed by atoms with Gasteiger partial charge in [-0.2, -0.15) is 0 Å². The second kappa shape index (κ2) is 13.0. The summed E-state index contributed by atoms with van der Waals surface area (Å²) in [5.74, 6) is 0.867. The number of hydrogen-bond donors (Lipinski definition) is 2. The molecule has 0 bridgehead atoms. The van der Waals surface area contributed by atoms with Crippen LogP contribution in [0.4, 0.5) is 0 Å². The summed E-state index contributed by atoms with van der Waals surface area (Å²) in [6.45, 7) is 7.14. The maximum atomic E-state index is 10.4. The Morgan fingerprint density at radius 3 is 1.96 bits per heavy atom. The number of nitrogens with two attached hydrogens (primary N) is 1. The van der Waals surface area contributed by atoms with Crippen LogP contribution < -0.4 is 5.73 Å². The number of aliphatic hydroxyl groups is 1. The Hall–Kier alpha value is -4.56. The molecular formula is C39H37BN3O2S. The van der Waals surface area contributed by atoms with E-state index in [0.29, 0.717) is 11.7 Å². The molecule has 0 saturated heterocycles. The van der Waals surface area contributed by atoms with Gasteiger partial charge in [0.05, 0.1) is 11.2 Å². The van der Waals surface area contributed by atoms with Crippen LogP contribution in [0.15, 0.2) is 131 Å². The number of benzene rings is 5. The molecule has 1 radical (unpaired) electrons. The fourth-order valence-corrected chi connectivity index (χ4v) is 6.15. The van der Waals surface area contributed by atoms with E-state index in [2.05, 4.69) is 78.9 Å². The quantitative estimate of drug-likeness (QED) is 0.0733. The zero-order chi connectivity index (χ0) is 32.3. The highest BCUT2D eigenvalue weighted by molar-refractivity contribution is 7.25. The number of rotatable bonds is 9. The molecule has 6 rings (SSSR count). The summed E-state index contributed by atoms with van der Waals surface area (Å²) in [5, 5.41) is 13.0. The lowest BCUT2D eigenvalue weighted by Gasteiger charge is -2.37. The number of amidine groups is 2. The molecule has 1 aromatic heterocycles. The van der Waals surface area contributed by atoms with Crippen LogP contribution in [0.1, 0.15) is 38.8 Å². The van der Waals surface area contributed by atoms with Crippen molar-refractivity contribution in [2.24, 2.45) is 15.7 Å². The van der Waals surface area contributed by atoms with Gasteiger partial charge in [0.25, 0.3) is 0 Å². The number of nitrogens with zero attached hydrogens (tertiary/aromatic N) is 2. The molecule has 0 aliphatic rings. The van der Waals surface area contributed by atoms with Gasteiger partial charge in [0.1, 0.15) is 5.84 Å². The summed E-state index contributed by atoms with van der Waals surface area (Å²) in [6, 6.07) is 41.7. The molecule has 0 fully saturated rings. The smallest absolute Gasteiger partial charge is 0.316 e. The van der Waals surface area contributed by atoms with E-state index >= 15 is 0 Å². The minimum absolute atomic E-state index is 0.241. The van der Waals surface area contributed by atoms with Crippen molar-refractivity contribution in [3.8, 4) is 22.3 Å². The van der Waals surface area contributed by atoms with Crippen molar-refractivity contribution in [1.29, 1.82) is 0 Å². The Morgan fingerprint density at radius 2 is 1.26 bits per heavy atom. The van der Waals surface area contributed by atoms with Crippen molar-refractivity contribution in [2.75, 3.05) is 6.44 Å². The van der Waals surface area contributed by atoms with Crippen molar-refractivity contribution >= 4 is 50.7 Å². The Kier molecular flexibility index (Phi) is 8.92. The monoisotopic (exact) mass is 622 g/mol. The van der Waals surface area contributed by atoms with Crippen molar-refractivity contribution < 1.29 is 9.76 Å². The van der Waals surface area contributed by atoms with Crippen LogP contribution >= 0.6 is 11.3 Å². The van der Waals surface area contributed by atoms with Crippen LogP contribution in [0.5, 0.6) is 0 Å². The molecule has 0 aliphatic heterocycles. The first kappa shape index (κ1) is 31.4. The summed E-state index contributed by atoms with van der Waals surface area (Å²) in [7, 11) is 1.60. The van der Waals surface area contributed by atoms with Crippen molar-refractivity contribution in [3.63, 3.8) is 0 Å². The zero-order valence-corrected chi connectivity index (χ0v) is 27.4. The first-order valence-electron chi connectivity index (χ1n) is 15.4. The second-order valence-corrected chi connectivity index (χ2v) is 13.4. The molecule has 229 valence electrons. The van der Waals surface area contributed by atoms with E-state index in [1.165, 1.54) is 20.2 Å². The molecule has 0 aliphatic carbocycles. The lowest BCUT2D eigenvalue weighted by atomic mass is 9.86. The molecule has 0 atom stereocenters. The molecule has 5 nitrogen and oxygen atoms in total. The summed E-state index contributed by atoms with van der Waals surface area (Å²) in [5.41, 5.74) is 10.9. The maximum Gasteiger partial charge on any atom is 0.316 e. The van der Waals surface area contributed by atoms with Gasteiger partial charge in [0.2, 0.25) is 0 Å². The van der Waals surface area contributed by atoms with Gasteiger partial charge < -0.3 is 15.5 Å². The molecule has 6 aromatic rings. The van der Waals surface area contributed by atoms with E-state index in [1.54, 1.807) is 21.3 Å². The van der Waals surface area contributed by atoms with Gasteiger partial charge in [-0.25, -0.2) is 4.99 Å². The highest BCUT2D eigenvalue weighted by atomic mass is 32.1. The van der Waals surface area contributed by atoms with Gasteiger partial charge in [0.15, 0.2) is 5.84 Å². The third-order valence-electron chi connectivity index (χ3n) is 8.53. The van der Waals surface area contributed by atoms with Crippen LogP contribution in [-0.2, 0) is 4.65 Å². The predicted molar refractivity (Wildman–Crippen MR) is 196 cm³/mol. The first-order valence-corrected chi connectivity index (χ1v) is 16.2. The molecule has 0 amide bonds. The zero-order valence-electron chi connectivity index (χ0n) is 26.6. The number of fused-ring (bicyclic) bond motifs is 3. The third kappa shape index (κ3) is 6.82. The second-order valence-electron chi connectivity index (χ2n) is 12.3. The summed E-state index contributed by atoms with van der Waals surface area (Å²) in [4.78, 5) is 9.54. The molecule has 46 heavy (non-hydrogen) atoms. The van der Waals surface area contributed by atoms with Crippen LogP contribution in [0.2, 0.25) is 0 Å². The van der Waals surface area contributed by atoms with E-state index in [4.69, 9.17) is 20.4 Å². The molecule has 0 spiro atoms. The molecular weight excluding hydrogens is 585 g/mol.